The van der Waals surface area contributed by atoms with E-state index in [1.54, 1.807) is 11.5 Å². The number of tetrazole rings is 1. The van der Waals surface area contributed by atoms with E-state index in [2.05, 4.69) is 67.7 Å². The summed E-state index contributed by atoms with van der Waals surface area (Å²) in [7, 11) is 0. The third-order valence-electron chi connectivity index (χ3n) is 5.86. The fourth-order valence-corrected chi connectivity index (χ4v) is 4.96. The molecule has 0 spiro atoms. The number of aromatic nitrogens is 7. The largest absolute Gasteiger partial charge is 0.492 e. The predicted molar refractivity (Wildman–Crippen MR) is 124 cm³/mol. The maximum absolute atomic E-state index is 6.16. The number of ether oxygens (including phenoxy) is 1. The van der Waals surface area contributed by atoms with Gasteiger partial charge in [0.2, 0.25) is 0 Å². The predicted octanol–water partition coefficient (Wildman–Crippen LogP) is 4.01. The first-order valence-electron chi connectivity index (χ1n) is 10.9. The van der Waals surface area contributed by atoms with Crippen LogP contribution in [-0.2, 0) is 24.8 Å². The summed E-state index contributed by atoms with van der Waals surface area (Å²) in [5.41, 5.74) is 2.92. The van der Waals surface area contributed by atoms with E-state index >= 15 is 0 Å². The van der Waals surface area contributed by atoms with Gasteiger partial charge in [0.25, 0.3) is 0 Å². The molecule has 0 saturated carbocycles. The molecule has 8 nitrogen and oxygen atoms in total. The lowest BCUT2D eigenvalue weighted by Gasteiger charge is -2.27. The molecule has 164 valence electrons. The second-order valence-corrected chi connectivity index (χ2v) is 8.67. The van der Waals surface area contributed by atoms with E-state index in [1.807, 2.05) is 24.3 Å². The summed E-state index contributed by atoms with van der Waals surface area (Å²) < 4.78 is 13.0. The number of aryl methyl sites for hydroxylation is 2. The quantitative estimate of drug-likeness (QED) is 0.439. The van der Waals surface area contributed by atoms with Crippen LogP contribution >= 0.6 is 11.5 Å². The van der Waals surface area contributed by atoms with Crippen LogP contribution < -0.4 is 4.74 Å². The molecule has 0 amide bonds. The van der Waals surface area contributed by atoms with Crippen LogP contribution in [0.2, 0.25) is 0 Å². The van der Waals surface area contributed by atoms with Crippen molar-refractivity contribution in [3.8, 4) is 5.75 Å². The van der Waals surface area contributed by atoms with Gasteiger partial charge in [-0.2, -0.15) is 9.59 Å². The summed E-state index contributed by atoms with van der Waals surface area (Å²) in [5.74, 6) is 2.56. The Morgan fingerprint density at radius 3 is 2.72 bits per heavy atom. The lowest BCUT2D eigenvalue weighted by molar-refractivity contribution is 0.240. The van der Waals surface area contributed by atoms with Gasteiger partial charge in [-0.15, -0.1) is 10.2 Å². The Hall–Kier alpha value is -3.33. The molecule has 0 aliphatic heterocycles. The van der Waals surface area contributed by atoms with Gasteiger partial charge in [0, 0.05) is 6.42 Å². The maximum atomic E-state index is 6.16. The Bertz CT molecular complexity index is 1250. The van der Waals surface area contributed by atoms with Gasteiger partial charge in [-0.1, -0.05) is 55.5 Å². The molecular formula is C23H25N7OS. The highest BCUT2D eigenvalue weighted by Gasteiger charge is 2.35. The van der Waals surface area contributed by atoms with Crippen molar-refractivity contribution >= 4 is 21.9 Å². The van der Waals surface area contributed by atoms with E-state index in [9.17, 15) is 0 Å². The number of imidazole rings is 1. The summed E-state index contributed by atoms with van der Waals surface area (Å²) in [5, 5.41) is 14.7. The SMILES string of the molecule is CCc1nsc2c1nc(CC)n2Cc1ccc(OCC2(c3nn[nH]n3)C=CC=CC2)cc1. The van der Waals surface area contributed by atoms with Crippen LogP contribution in [0, 0.1) is 0 Å². The molecule has 3 aromatic heterocycles. The molecular weight excluding hydrogens is 422 g/mol. The average molecular weight is 448 g/mol. The number of nitrogens with one attached hydrogen (secondary N) is 1. The molecule has 3 heterocycles. The monoisotopic (exact) mass is 447 g/mol. The molecule has 1 aliphatic carbocycles. The molecule has 1 aliphatic rings. The highest BCUT2D eigenvalue weighted by Crippen LogP contribution is 2.31. The topological polar surface area (TPSA) is 94.4 Å². The molecule has 0 radical (unpaired) electrons. The minimum absolute atomic E-state index is 0.415. The standard InChI is InChI=1S/C23H25N7OS/c1-3-18-20-21(32-27-18)30(19(4-2)24-20)14-16-8-10-17(11-9-16)31-15-23(12-6-5-7-13-23)22-25-28-29-26-22/h5-12H,3-4,13-15H2,1-2H3,(H,25,26,28,29). The average Bonchev–Trinajstić information content (AvgIpc) is 3.57. The highest BCUT2D eigenvalue weighted by molar-refractivity contribution is 7.13. The second-order valence-electron chi connectivity index (χ2n) is 7.92. The molecule has 9 heteroatoms. The molecule has 5 rings (SSSR count). The lowest BCUT2D eigenvalue weighted by atomic mass is 9.81. The van der Waals surface area contributed by atoms with Gasteiger partial charge in [0.15, 0.2) is 5.82 Å². The first kappa shape index (κ1) is 20.6. The summed E-state index contributed by atoms with van der Waals surface area (Å²) in [6.45, 7) is 5.48. The van der Waals surface area contributed by atoms with Gasteiger partial charge in [-0.25, -0.2) is 4.98 Å². The van der Waals surface area contributed by atoms with E-state index in [0.29, 0.717) is 12.4 Å². The number of nitrogens with zero attached hydrogens (tertiary/aromatic N) is 6. The van der Waals surface area contributed by atoms with Gasteiger partial charge in [0.1, 0.15) is 28.5 Å². The molecule has 0 fully saturated rings. The van der Waals surface area contributed by atoms with Crippen molar-refractivity contribution in [2.24, 2.45) is 0 Å². The zero-order valence-corrected chi connectivity index (χ0v) is 19.0. The van der Waals surface area contributed by atoms with Gasteiger partial charge < -0.3 is 9.30 Å². The van der Waals surface area contributed by atoms with E-state index in [-0.39, 0.29) is 0 Å². The molecule has 0 saturated heterocycles. The Kier molecular flexibility index (Phi) is 5.57. The van der Waals surface area contributed by atoms with Crippen LogP contribution in [0.25, 0.3) is 10.3 Å². The molecule has 4 aromatic rings. The summed E-state index contributed by atoms with van der Waals surface area (Å²) in [6.07, 6.45) is 10.8. The van der Waals surface area contributed by atoms with Crippen molar-refractivity contribution in [1.29, 1.82) is 0 Å². The number of fused-ring (bicyclic) bond motifs is 1. The van der Waals surface area contributed by atoms with Crippen LogP contribution in [0.15, 0.2) is 48.6 Å². The lowest BCUT2D eigenvalue weighted by Crippen LogP contribution is -2.33. The maximum Gasteiger partial charge on any atom is 0.188 e. The molecule has 0 bridgehead atoms. The van der Waals surface area contributed by atoms with E-state index < -0.39 is 5.41 Å². The van der Waals surface area contributed by atoms with Gasteiger partial charge in [-0.3, -0.25) is 0 Å². The third kappa shape index (κ3) is 3.73. The number of benzene rings is 1. The molecule has 1 aromatic carbocycles. The first-order chi connectivity index (χ1) is 15.7. The van der Waals surface area contributed by atoms with Crippen molar-refractivity contribution in [1.82, 2.24) is 34.5 Å². The summed E-state index contributed by atoms with van der Waals surface area (Å²) >= 11 is 1.54. The number of hydrogen-bond acceptors (Lipinski definition) is 7. The van der Waals surface area contributed by atoms with Crippen molar-refractivity contribution in [3.63, 3.8) is 0 Å². The highest BCUT2D eigenvalue weighted by atomic mass is 32.1. The minimum Gasteiger partial charge on any atom is -0.492 e. The van der Waals surface area contributed by atoms with E-state index in [4.69, 9.17) is 9.72 Å². The van der Waals surface area contributed by atoms with Crippen molar-refractivity contribution < 1.29 is 4.74 Å². The van der Waals surface area contributed by atoms with Gasteiger partial charge in [-0.05, 0) is 42.1 Å². The van der Waals surface area contributed by atoms with Crippen LogP contribution in [0.4, 0.5) is 0 Å². The summed E-state index contributed by atoms with van der Waals surface area (Å²) in [4.78, 5) is 5.99. The van der Waals surface area contributed by atoms with Crippen molar-refractivity contribution in [2.45, 2.75) is 45.1 Å². The van der Waals surface area contributed by atoms with Gasteiger partial charge in [0.05, 0.1) is 17.7 Å². The molecule has 1 atom stereocenters. The number of rotatable bonds is 8. The number of H-pyrrole nitrogens is 1. The van der Waals surface area contributed by atoms with Crippen LogP contribution in [0.5, 0.6) is 5.75 Å². The van der Waals surface area contributed by atoms with Crippen molar-refractivity contribution in [2.75, 3.05) is 6.61 Å². The van der Waals surface area contributed by atoms with Crippen LogP contribution in [0.3, 0.4) is 0 Å². The zero-order valence-electron chi connectivity index (χ0n) is 18.2. The zero-order chi connectivity index (χ0) is 22.0. The number of allylic oxidation sites excluding steroid dienone is 3. The molecule has 32 heavy (non-hydrogen) atoms. The fraction of sp³-hybridized carbons (Fsp3) is 0.348. The van der Waals surface area contributed by atoms with E-state index in [0.717, 1.165) is 53.4 Å². The van der Waals surface area contributed by atoms with Crippen LogP contribution in [-0.4, -0.2) is 41.2 Å². The minimum atomic E-state index is -0.415. The molecule has 1 unspecified atom stereocenters. The Balaban J connectivity index is 1.32. The molecule has 1 N–H and O–H groups in total. The fourth-order valence-electron chi connectivity index (χ4n) is 4.03. The number of hydrogen-bond donors (Lipinski definition) is 1. The first-order valence-corrected chi connectivity index (χ1v) is 11.6. The Morgan fingerprint density at radius 1 is 1.16 bits per heavy atom. The Labute approximate surface area is 190 Å². The Morgan fingerprint density at radius 2 is 2.03 bits per heavy atom. The smallest absolute Gasteiger partial charge is 0.188 e. The normalized spacial score (nSPS) is 17.9. The van der Waals surface area contributed by atoms with E-state index in [1.165, 1.54) is 5.56 Å². The van der Waals surface area contributed by atoms with Gasteiger partial charge >= 0.3 is 0 Å². The van der Waals surface area contributed by atoms with Crippen LogP contribution in [0.1, 0.15) is 43.2 Å². The third-order valence-corrected chi connectivity index (χ3v) is 6.76. The summed E-state index contributed by atoms with van der Waals surface area (Å²) in [6, 6.07) is 8.26. The number of aromatic amines is 1. The van der Waals surface area contributed by atoms with Crippen molar-refractivity contribution in [3.05, 3.63) is 71.5 Å². The second kappa shape index (κ2) is 8.66.